The number of hydrogen-bond acceptors (Lipinski definition) is 7. The molecular weight excluding hydrogens is 326 g/mol. The normalized spacial score (nSPS) is 24.3. The molecule has 0 aliphatic carbocycles. The Morgan fingerprint density at radius 3 is 2.88 bits per heavy atom. The summed E-state index contributed by atoms with van der Waals surface area (Å²) in [5, 5.41) is 1.81. The highest BCUT2D eigenvalue weighted by atomic mass is 32.1. The lowest BCUT2D eigenvalue weighted by molar-refractivity contribution is 0.0686. The largest absolute Gasteiger partial charge is 0.379 e. The molecule has 2 aliphatic rings. The van der Waals surface area contributed by atoms with Gasteiger partial charge in [-0.1, -0.05) is 0 Å². The van der Waals surface area contributed by atoms with Gasteiger partial charge in [-0.2, -0.15) is 0 Å². The summed E-state index contributed by atoms with van der Waals surface area (Å²) in [5.74, 6) is 0.742. The zero-order valence-electron chi connectivity index (χ0n) is 13.3. The molecule has 7 nitrogen and oxygen atoms in total. The average molecular weight is 345 g/mol. The lowest BCUT2D eigenvalue weighted by atomic mass is 9.87. The molecule has 0 saturated carbocycles. The van der Waals surface area contributed by atoms with Gasteiger partial charge in [0, 0.05) is 49.4 Å². The van der Waals surface area contributed by atoms with Gasteiger partial charge in [0.2, 0.25) is 5.95 Å². The minimum atomic E-state index is -0.0681. The van der Waals surface area contributed by atoms with Crippen LogP contribution in [0.2, 0.25) is 0 Å². The number of rotatable bonds is 2. The zero-order chi connectivity index (χ0) is 16.4. The molecule has 24 heavy (non-hydrogen) atoms. The van der Waals surface area contributed by atoms with Crippen molar-refractivity contribution >= 4 is 23.2 Å². The molecule has 126 valence electrons. The number of aromatic nitrogens is 3. The third-order valence-corrected chi connectivity index (χ3v) is 5.24. The summed E-state index contributed by atoms with van der Waals surface area (Å²) in [6, 6.07) is 1.82. The highest BCUT2D eigenvalue weighted by molar-refractivity contribution is 7.07. The number of ether oxygens (including phenoxy) is 1. The monoisotopic (exact) mass is 345 g/mol. The van der Waals surface area contributed by atoms with Crippen LogP contribution in [0.1, 0.15) is 16.9 Å². The summed E-state index contributed by atoms with van der Waals surface area (Å²) in [7, 11) is 0. The van der Waals surface area contributed by atoms with Crippen molar-refractivity contribution in [3.05, 3.63) is 35.0 Å². The third kappa shape index (κ3) is 2.99. The van der Waals surface area contributed by atoms with Crippen molar-refractivity contribution in [3.8, 4) is 0 Å². The van der Waals surface area contributed by atoms with Crippen LogP contribution in [0.25, 0.3) is 0 Å². The van der Waals surface area contributed by atoms with Crippen LogP contribution in [0.3, 0.4) is 0 Å². The van der Waals surface area contributed by atoms with Crippen molar-refractivity contribution in [1.82, 2.24) is 19.9 Å². The SMILES string of the molecule is O=C(c1cscn1)N1CCOC[C@]2(CCN(c3ncccn3)C2)C1. The van der Waals surface area contributed by atoms with Gasteiger partial charge in [0.25, 0.3) is 5.91 Å². The van der Waals surface area contributed by atoms with E-state index in [9.17, 15) is 4.79 Å². The van der Waals surface area contributed by atoms with Crippen molar-refractivity contribution in [3.63, 3.8) is 0 Å². The van der Waals surface area contributed by atoms with E-state index in [1.54, 1.807) is 23.3 Å². The molecule has 2 aromatic heterocycles. The van der Waals surface area contributed by atoms with Crippen molar-refractivity contribution in [2.24, 2.45) is 5.41 Å². The fourth-order valence-corrected chi connectivity index (χ4v) is 3.98. The molecule has 2 saturated heterocycles. The van der Waals surface area contributed by atoms with Gasteiger partial charge in [0.05, 0.1) is 18.7 Å². The van der Waals surface area contributed by atoms with E-state index in [-0.39, 0.29) is 11.3 Å². The number of carbonyl (C=O) groups excluding carboxylic acids is 1. The fraction of sp³-hybridized carbons (Fsp3) is 0.500. The number of carbonyl (C=O) groups is 1. The first-order valence-electron chi connectivity index (χ1n) is 8.03. The second-order valence-electron chi connectivity index (χ2n) is 6.37. The van der Waals surface area contributed by atoms with E-state index in [2.05, 4.69) is 19.9 Å². The van der Waals surface area contributed by atoms with Gasteiger partial charge in [-0.3, -0.25) is 4.79 Å². The molecule has 4 rings (SSSR count). The van der Waals surface area contributed by atoms with Gasteiger partial charge in [-0.15, -0.1) is 11.3 Å². The highest BCUT2D eigenvalue weighted by Crippen LogP contribution is 2.35. The van der Waals surface area contributed by atoms with E-state index in [4.69, 9.17) is 4.74 Å². The first kappa shape index (κ1) is 15.5. The van der Waals surface area contributed by atoms with Gasteiger partial charge in [0.15, 0.2) is 0 Å². The summed E-state index contributed by atoms with van der Waals surface area (Å²) >= 11 is 1.44. The molecule has 0 radical (unpaired) electrons. The Labute approximate surface area is 144 Å². The molecule has 2 fully saturated rings. The lowest BCUT2D eigenvalue weighted by Crippen LogP contribution is -2.43. The summed E-state index contributed by atoms with van der Waals surface area (Å²) in [6.45, 7) is 4.22. The number of amides is 1. The Morgan fingerprint density at radius 1 is 1.21 bits per heavy atom. The van der Waals surface area contributed by atoms with Crippen LogP contribution >= 0.6 is 11.3 Å². The van der Waals surface area contributed by atoms with E-state index < -0.39 is 0 Å². The quantitative estimate of drug-likeness (QED) is 0.817. The van der Waals surface area contributed by atoms with Crippen LogP contribution < -0.4 is 4.90 Å². The minimum Gasteiger partial charge on any atom is -0.379 e. The van der Waals surface area contributed by atoms with Crippen molar-refractivity contribution < 1.29 is 9.53 Å². The Bertz CT molecular complexity index is 696. The number of thiazole rings is 1. The van der Waals surface area contributed by atoms with Crippen molar-refractivity contribution in [2.75, 3.05) is 44.3 Å². The topological polar surface area (TPSA) is 71.5 Å². The fourth-order valence-electron chi connectivity index (χ4n) is 3.45. The standard InChI is InChI=1S/C16H19N5O2S/c22-14(13-8-24-12-19-13)20-6-7-23-11-16(9-20)2-5-21(10-16)15-17-3-1-4-18-15/h1,3-4,8,12H,2,5-7,9-11H2/t16-/m1/s1. The third-order valence-electron chi connectivity index (χ3n) is 4.65. The lowest BCUT2D eigenvalue weighted by Gasteiger charge is -2.31. The van der Waals surface area contributed by atoms with E-state index >= 15 is 0 Å². The second kappa shape index (κ2) is 6.45. The molecule has 4 heterocycles. The molecule has 2 aromatic rings. The van der Waals surface area contributed by atoms with Gasteiger partial charge in [-0.25, -0.2) is 15.0 Å². The summed E-state index contributed by atoms with van der Waals surface area (Å²) in [4.78, 5) is 29.6. The molecule has 1 spiro atoms. The van der Waals surface area contributed by atoms with E-state index in [1.807, 2.05) is 11.0 Å². The predicted octanol–water partition coefficient (Wildman–Crippen LogP) is 1.30. The number of anilines is 1. The van der Waals surface area contributed by atoms with Gasteiger partial charge in [-0.05, 0) is 12.5 Å². The van der Waals surface area contributed by atoms with Gasteiger partial charge in [0.1, 0.15) is 5.69 Å². The predicted molar refractivity (Wildman–Crippen MR) is 90.1 cm³/mol. The zero-order valence-corrected chi connectivity index (χ0v) is 14.1. The van der Waals surface area contributed by atoms with E-state index in [0.717, 1.165) is 25.5 Å². The molecule has 2 aliphatic heterocycles. The van der Waals surface area contributed by atoms with Crippen molar-refractivity contribution in [1.29, 1.82) is 0 Å². The minimum absolute atomic E-state index is 0.00413. The molecule has 1 atom stereocenters. The summed E-state index contributed by atoms with van der Waals surface area (Å²) < 4.78 is 5.84. The van der Waals surface area contributed by atoms with E-state index in [1.165, 1.54) is 11.3 Å². The molecule has 0 unspecified atom stereocenters. The molecular formula is C16H19N5O2S. The molecule has 1 amide bonds. The van der Waals surface area contributed by atoms with E-state index in [0.29, 0.717) is 32.0 Å². The number of nitrogens with zero attached hydrogens (tertiary/aromatic N) is 5. The van der Waals surface area contributed by atoms with Crippen LogP contribution in [0.15, 0.2) is 29.4 Å². The Kier molecular flexibility index (Phi) is 4.15. The maximum atomic E-state index is 12.7. The summed E-state index contributed by atoms with van der Waals surface area (Å²) in [5.41, 5.74) is 2.15. The van der Waals surface area contributed by atoms with Crippen LogP contribution in [0.5, 0.6) is 0 Å². The Balaban J connectivity index is 1.51. The molecule has 0 bridgehead atoms. The van der Waals surface area contributed by atoms with Crippen LogP contribution in [0, 0.1) is 5.41 Å². The Morgan fingerprint density at radius 2 is 2.08 bits per heavy atom. The average Bonchev–Trinajstić information content (AvgIpc) is 3.24. The first-order valence-corrected chi connectivity index (χ1v) is 8.97. The van der Waals surface area contributed by atoms with Gasteiger partial charge >= 0.3 is 0 Å². The maximum absolute atomic E-state index is 12.7. The molecule has 0 aromatic carbocycles. The second-order valence-corrected chi connectivity index (χ2v) is 7.09. The summed E-state index contributed by atoms with van der Waals surface area (Å²) in [6.07, 6.45) is 4.48. The van der Waals surface area contributed by atoms with Crippen LogP contribution in [-0.4, -0.2) is 65.2 Å². The number of hydrogen-bond donors (Lipinski definition) is 0. The van der Waals surface area contributed by atoms with Crippen molar-refractivity contribution in [2.45, 2.75) is 6.42 Å². The maximum Gasteiger partial charge on any atom is 0.273 e. The Hall–Kier alpha value is -2.06. The molecule has 8 heteroatoms. The van der Waals surface area contributed by atoms with Crippen LogP contribution in [-0.2, 0) is 4.74 Å². The van der Waals surface area contributed by atoms with Gasteiger partial charge < -0.3 is 14.5 Å². The molecule has 0 N–H and O–H groups in total. The first-order chi connectivity index (χ1) is 11.8. The smallest absolute Gasteiger partial charge is 0.273 e. The van der Waals surface area contributed by atoms with Crippen LogP contribution in [0.4, 0.5) is 5.95 Å². The highest BCUT2D eigenvalue weighted by Gasteiger charge is 2.43.